The van der Waals surface area contributed by atoms with Gasteiger partial charge in [0.25, 0.3) is 0 Å². The van der Waals surface area contributed by atoms with Crippen LogP contribution in [0.3, 0.4) is 0 Å². The van der Waals surface area contributed by atoms with Crippen molar-refractivity contribution in [3.05, 3.63) is 0 Å². The topological polar surface area (TPSA) is 50.4 Å². The van der Waals surface area contributed by atoms with Crippen molar-refractivity contribution in [2.75, 3.05) is 12.8 Å². The first-order valence-electron chi connectivity index (χ1n) is 7.89. The Morgan fingerprint density at radius 2 is 1.62 bits per heavy atom. The van der Waals surface area contributed by atoms with Gasteiger partial charge in [0.15, 0.2) is 0 Å². The van der Waals surface area contributed by atoms with Crippen LogP contribution < -0.4 is 10.6 Å². The van der Waals surface area contributed by atoms with Crippen molar-refractivity contribution >= 4 is 17.9 Å². The maximum Gasteiger partial charge on any atom is 0.407 e. The summed E-state index contributed by atoms with van der Waals surface area (Å²) in [5.74, 6) is 0. The number of carbonyl (C=O) groups is 1. The highest BCUT2D eigenvalue weighted by Gasteiger charge is 2.25. The van der Waals surface area contributed by atoms with E-state index in [0.29, 0.717) is 6.04 Å². The highest BCUT2D eigenvalue weighted by Crippen LogP contribution is 2.23. The van der Waals surface area contributed by atoms with Crippen LogP contribution in [0.5, 0.6) is 0 Å². The molecule has 0 unspecified atom stereocenters. The molecule has 1 rings (SSSR count). The molecule has 0 aromatic carbocycles. The number of nitrogens with one attached hydrogen (secondary N) is 2. The molecule has 124 valence electrons. The molecule has 0 heterocycles. The summed E-state index contributed by atoms with van der Waals surface area (Å²) in [7, 11) is 0. The van der Waals surface area contributed by atoms with Crippen molar-refractivity contribution in [1.82, 2.24) is 10.6 Å². The minimum atomic E-state index is -0.424. The third-order valence-corrected chi connectivity index (χ3v) is 5.07. The second kappa shape index (κ2) is 7.73. The van der Waals surface area contributed by atoms with Gasteiger partial charge < -0.3 is 15.4 Å². The molecule has 1 amide bonds. The number of rotatable bonds is 5. The molecule has 0 atom stereocenters. The Balaban J connectivity index is 2.25. The van der Waals surface area contributed by atoms with E-state index in [1.165, 1.54) is 0 Å². The largest absolute Gasteiger partial charge is 0.444 e. The molecule has 0 bridgehead atoms. The lowest BCUT2D eigenvalue weighted by Gasteiger charge is -2.32. The minimum absolute atomic E-state index is 0.256. The second-order valence-corrected chi connectivity index (χ2v) is 9.05. The molecule has 0 aromatic heterocycles. The Morgan fingerprint density at radius 3 is 2.10 bits per heavy atom. The fourth-order valence-corrected chi connectivity index (χ4v) is 2.61. The van der Waals surface area contributed by atoms with E-state index in [1.807, 2.05) is 32.5 Å². The van der Waals surface area contributed by atoms with Gasteiger partial charge in [-0.1, -0.05) is 0 Å². The summed E-state index contributed by atoms with van der Waals surface area (Å²) in [5.41, 5.74) is -0.424. The number of hydrogen-bond donors (Lipinski definition) is 2. The third-order valence-electron chi connectivity index (χ3n) is 3.82. The Labute approximate surface area is 134 Å². The van der Waals surface area contributed by atoms with Gasteiger partial charge in [0.05, 0.1) is 0 Å². The van der Waals surface area contributed by atoms with Crippen molar-refractivity contribution < 1.29 is 9.53 Å². The molecule has 0 saturated heterocycles. The first kappa shape index (κ1) is 18.6. The van der Waals surface area contributed by atoms with E-state index < -0.39 is 5.60 Å². The van der Waals surface area contributed by atoms with E-state index in [-0.39, 0.29) is 16.9 Å². The first-order chi connectivity index (χ1) is 9.61. The average Bonchev–Trinajstić information content (AvgIpc) is 2.36. The molecule has 1 saturated carbocycles. The predicted molar refractivity (Wildman–Crippen MR) is 91.0 cm³/mol. The zero-order chi connectivity index (χ0) is 16.1. The summed E-state index contributed by atoms with van der Waals surface area (Å²) in [6.07, 6.45) is 6.15. The lowest BCUT2D eigenvalue weighted by molar-refractivity contribution is 0.0490. The van der Waals surface area contributed by atoms with E-state index in [4.69, 9.17) is 4.74 Å². The number of alkyl carbamates (subject to hydrolysis) is 1. The van der Waals surface area contributed by atoms with Gasteiger partial charge in [-0.2, -0.15) is 11.8 Å². The normalized spacial score (nSPS) is 23.7. The monoisotopic (exact) mass is 316 g/mol. The van der Waals surface area contributed by atoms with E-state index in [1.54, 1.807) is 0 Å². The molecule has 1 fully saturated rings. The highest BCUT2D eigenvalue weighted by atomic mass is 32.2. The van der Waals surface area contributed by atoms with Crippen LogP contribution >= 0.6 is 11.8 Å². The number of ether oxygens (including phenoxy) is 1. The number of thioether (sulfide) groups is 1. The van der Waals surface area contributed by atoms with Gasteiger partial charge in [-0.25, -0.2) is 4.79 Å². The summed E-state index contributed by atoms with van der Waals surface area (Å²) >= 11 is 1.89. The molecule has 1 aliphatic carbocycles. The molecular weight excluding hydrogens is 284 g/mol. The van der Waals surface area contributed by atoms with Crippen molar-refractivity contribution in [3.8, 4) is 0 Å². The molecule has 0 aliphatic heterocycles. The molecule has 0 radical (unpaired) electrons. The summed E-state index contributed by atoms with van der Waals surface area (Å²) in [4.78, 5) is 11.8. The predicted octanol–water partition coefficient (Wildman–Crippen LogP) is 3.55. The van der Waals surface area contributed by atoms with Crippen molar-refractivity contribution in [1.29, 1.82) is 0 Å². The highest BCUT2D eigenvalue weighted by molar-refractivity contribution is 7.99. The Hall–Kier alpha value is -0.420. The van der Waals surface area contributed by atoms with Gasteiger partial charge in [-0.15, -0.1) is 0 Å². The van der Waals surface area contributed by atoms with Crippen LogP contribution in [0.2, 0.25) is 0 Å². The summed E-state index contributed by atoms with van der Waals surface area (Å²) in [5, 5.41) is 6.65. The zero-order valence-electron chi connectivity index (χ0n) is 14.4. The molecule has 1 aliphatic rings. The lowest BCUT2D eigenvalue weighted by atomic mass is 9.91. The fraction of sp³-hybridized carbons (Fsp3) is 0.938. The van der Waals surface area contributed by atoms with E-state index in [9.17, 15) is 4.79 Å². The summed E-state index contributed by atoms with van der Waals surface area (Å²) in [6.45, 7) is 11.2. The van der Waals surface area contributed by atoms with Crippen LogP contribution in [0.15, 0.2) is 0 Å². The van der Waals surface area contributed by atoms with E-state index >= 15 is 0 Å². The van der Waals surface area contributed by atoms with Crippen molar-refractivity contribution in [3.63, 3.8) is 0 Å². The van der Waals surface area contributed by atoms with Crippen LogP contribution in [-0.2, 0) is 4.74 Å². The van der Waals surface area contributed by atoms with Crippen molar-refractivity contribution in [2.45, 2.75) is 82.7 Å². The first-order valence-corrected chi connectivity index (χ1v) is 9.12. The van der Waals surface area contributed by atoms with Crippen molar-refractivity contribution in [2.24, 2.45) is 0 Å². The smallest absolute Gasteiger partial charge is 0.407 e. The SMILES string of the molecule is CSC(C)(C)CNC1CCC(NC(=O)OC(C)(C)C)CC1. The van der Waals surface area contributed by atoms with Gasteiger partial charge in [0, 0.05) is 23.4 Å². The molecule has 0 aromatic rings. The van der Waals surface area contributed by atoms with Gasteiger partial charge in [-0.3, -0.25) is 0 Å². The Bertz CT molecular complexity index is 332. The van der Waals surface area contributed by atoms with Gasteiger partial charge >= 0.3 is 6.09 Å². The number of hydrogen-bond acceptors (Lipinski definition) is 4. The van der Waals surface area contributed by atoms with Crippen LogP contribution in [0.4, 0.5) is 4.79 Å². The van der Waals surface area contributed by atoms with Gasteiger partial charge in [0.1, 0.15) is 5.60 Å². The Morgan fingerprint density at radius 1 is 1.10 bits per heavy atom. The van der Waals surface area contributed by atoms with Crippen LogP contribution in [0.25, 0.3) is 0 Å². The summed E-state index contributed by atoms with van der Waals surface area (Å²) in [6, 6.07) is 0.833. The van der Waals surface area contributed by atoms with E-state index in [0.717, 1.165) is 32.2 Å². The Kier molecular flexibility index (Phi) is 6.85. The number of carbonyl (C=O) groups excluding carboxylic acids is 1. The maximum atomic E-state index is 11.8. The molecule has 21 heavy (non-hydrogen) atoms. The molecule has 5 heteroatoms. The zero-order valence-corrected chi connectivity index (χ0v) is 15.2. The average molecular weight is 317 g/mol. The second-order valence-electron chi connectivity index (χ2n) is 7.54. The molecular formula is C16H32N2O2S. The lowest BCUT2D eigenvalue weighted by Crippen LogP contribution is -2.45. The minimum Gasteiger partial charge on any atom is -0.444 e. The molecule has 0 spiro atoms. The maximum absolute atomic E-state index is 11.8. The van der Waals surface area contributed by atoms with Crippen LogP contribution in [-0.4, -0.2) is 41.3 Å². The van der Waals surface area contributed by atoms with Crippen LogP contribution in [0.1, 0.15) is 60.3 Å². The quantitative estimate of drug-likeness (QED) is 0.814. The molecule has 4 nitrogen and oxygen atoms in total. The van der Waals surface area contributed by atoms with E-state index in [2.05, 4.69) is 30.7 Å². The summed E-state index contributed by atoms with van der Waals surface area (Å²) < 4.78 is 5.59. The van der Waals surface area contributed by atoms with Crippen LogP contribution in [0, 0.1) is 0 Å². The molecule has 2 N–H and O–H groups in total. The fourth-order valence-electron chi connectivity index (χ4n) is 2.38. The number of amides is 1. The standard InChI is InChI=1S/C16H32N2O2S/c1-15(2,3)20-14(19)18-13-9-7-12(8-10-13)17-11-16(4,5)21-6/h12-13,17H,7-11H2,1-6H3,(H,18,19). The van der Waals surface area contributed by atoms with Gasteiger partial charge in [-0.05, 0) is 66.6 Å². The van der Waals surface area contributed by atoms with Gasteiger partial charge in [0.2, 0.25) is 0 Å². The third kappa shape index (κ3) is 7.96.